The second-order valence-electron chi connectivity index (χ2n) is 5.52. The third-order valence-electron chi connectivity index (χ3n) is 3.67. The lowest BCUT2D eigenvalue weighted by Gasteiger charge is -2.19. The molecular formula is C14H19F3N2O3S. The van der Waals surface area contributed by atoms with Crippen LogP contribution in [0.3, 0.4) is 0 Å². The van der Waals surface area contributed by atoms with Crippen molar-refractivity contribution >= 4 is 10.0 Å². The molecule has 0 aliphatic heterocycles. The molecule has 0 unspecified atom stereocenters. The predicted molar refractivity (Wildman–Crippen MR) is 79.2 cm³/mol. The summed E-state index contributed by atoms with van der Waals surface area (Å²) >= 11 is 0. The van der Waals surface area contributed by atoms with Crippen molar-refractivity contribution in [3.63, 3.8) is 0 Å². The van der Waals surface area contributed by atoms with Crippen LogP contribution in [0.5, 0.6) is 5.75 Å². The number of halogens is 3. The molecule has 0 atom stereocenters. The van der Waals surface area contributed by atoms with Crippen molar-refractivity contribution in [2.24, 2.45) is 5.73 Å². The van der Waals surface area contributed by atoms with E-state index in [1.54, 1.807) is 0 Å². The van der Waals surface area contributed by atoms with Crippen molar-refractivity contribution in [3.05, 3.63) is 29.6 Å². The SMILES string of the molecule is NCCCCS(=O)(=O)NC1(c2ccc(F)c(OC(F)F)c2)CC1. The minimum absolute atomic E-state index is 0.0620. The Kier molecular flexibility index (Phi) is 5.53. The summed E-state index contributed by atoms with van der Waals surface area (Å²) in [6.45, 7) is -2.74. The monoisotopic (exact) mass is 352 g/mol. The fraction of sp³-hybridized carbons (Fsp3) is 0.571. The van der Waals surface area contributed by atoms with Crippen LogP contribution in [0, 0.1) is 5.82 Å². The number of ether oxygens (including phenoxy) is 1. The quantitative estimate of drug-likeness (QED) is 0.667. The standard InChI is InChI=1S/C14H19F3N2O3S/c15-11-4-3-10(9-12(11)22-13(16)17)14(5-6-14)19-23(20,21)8-2-1-7-18/h3-4,9,13,19H,1-2,5-8,18H2. The average Bonchev–Trinajstić information content (AvgIpc) is 3.21. The Balaban J connectivity index is 2.14. The van der Waals surface area contributed by atoms with Crippen LogP contribution in [-0.4, -0.2) is 27.3 Å². The first-order chi connectivity index (χ1) is 10.8. The van der Waals surface area contributed by atoms with E-state index in [0.29, 0.717) is 37.8 Å². The van der Waals surface area contributed by atoms with E-state index < -0.39 is 33.7 Å². The number of benzene rings is 1. The van der Waals surface area contributed by atoms with Gasteiger partial charge < -0.3 is 10.5 Å². The number of hydrogen-bond donors (Lipinski definition) is 2. The number of unbranched alkanes of at least 4 members (excludes halogenated alkanes) is 1. The molecule has 0 bridgehead atoms. The summed E-state index contributed by atoms with van der Waals surface area (Å²) < 4.78 is 68.9. The molecule has 0 spiro atoms. The highest BCUT2D eigenvalue weighted by molar-refractivity contribution is 7.89. The van der Waals surface area contributed by atoms with Gasteiger partial charge in [0.05, 0.1) is 11.3 Å². The second kappa shape index (κ2) is 7.06. The average molecular weight is 352 g/mol. The van der Waals surface area contributed by atoms with Gasteiger partial charge in [-0.1, -0.05) is 6.07 Å². The molecule has 2 rings (SSSR count). The highest BCUT2D eigenvalue weighted by Crippen LogP contribution is 2.47. The van der Waals surface area contributed by atoms with Gasteiger partial charge in [-0.25, -0.2) is 17.5 Å². The van der Waals surface area contributed by atoms with Gasteiger partial charge in [0.25, 0.3) is 0 Å². The number of sulfonamides is 1. The Labute approximate surface area is 133 Å². The molecule has 23 heavy (non-hydrogen) atoms. The van der Waals surface area contributed by atoms with E-state index in [-0.39, 0.29) is 5.75 Å². The topological polar surface area (TPSA) is 81.4 Å². The minimum atomic E-state index is -3.53. The number of nitrogens with two attached hydrogens (primary N) is 1. The molecule has 1 aliphatic carbocycles. The van der Waals surface area contributed by atoms with Crippen molar-refractivity contribution in [1.82, 2.24) is 4.72 Å². The Morgan fingerprint density at radius 3 is 2.57 bits per heavy atom. The number of hydrogen-bond acceptors (Lipinski definition) is 4. The van der Waals surface area contributed by atoms with Crippen LogP contribution in [0.25, 0.3) is 0 Å². The fourth-order valence-corrected chi connectivity index (χ4v) is 3.95. The Morgan fingerprint density at radius 1 is 1.30 bits per heavy atom. The van der Waals surface area contributed by atoms with Crippen molar-refractivity contribution in [2.45, 2.75) is 37.8 Å². The Bertz CT molecular complexity index is 649. The van der Waals surface area contributed by atoms with Gasteiger partial charge in [0.2, 0.25) is 10.0 Å². The first-order valence-corrected chi connectivity index (χ1v) is 8.90. The van der Waals surface area contributed by atoms with Crippen LogP contribution in [0.2, 0.25) is 0 Å². The molecule has 5 nitrogen and oxygen atoms in total. The molecule has 130 valence electrons. The third kappa shape index (κ3) is 4.82. The number of rotatable bonds is 9. The first kappa shape index (κ1) is 18.0. The summed E-state index contributed by atoms with van der Waals surface area (Å²) in [7, 11) is -3.53. The smallest absolute Gasteiger partial charge is 0.387 e. The van der Waals surface area contributed by atoms with Crippen molar-refractivity contribution < 1.29 is 26.3 Å². The van der Waals surface area contributed by atoms with E-state index >= 15 is 0 Å². The molecule has 1 aromatic rings. The molecule has 0 heterocycles. The Hall–Kier alpha value is -1.32. The second-order valence-corrected chi connectivity index (χ2v) is 7.36. The van der Waals surface area contributed by atoms with Crippen molar-refractivity contribution in [3.8, 4) is 5.75 Å². The van der Waals surface area contributed by atoms with E-state index in [0.717, 1.165) is 12.1 Å². The van der Waals surface area contributed by atoms with Gasteiger partial charge in [0, 0.05) is 0 Å². The van der Waals surface area contributed by atoms with Gasteiger partial charge >= 0.3 is 6.61 Å². The first-order valence-electron chi connectivity index (χ1n) is 7.24. The summed E-state index contributed by atoms with van der Waals surface area (Å²) in [5.41, 5.74) is 4.88. The van der Waals surface area contributed by atoms with Gasteiger partial charge in [-0.3, -0.25) is 0 Å². The largest absolute Gasteiger partial charge is 0.432 e. The van der Waals surface area contributed by atoms with Crippen molar-refractivity contribution in [2.75, 3.05) is 12.3 Å². The highest BCUT2D eigenvalue weighted by atomic mass is 32.2. The minimum Gasteiger partial charge on any atom is -0.432 e. The van der Waals surface area contributed by atoms with E-state index in [9.17, 15) is 21.6 Å². The van der Waals surface area contributed by atoms with Crippen LogP contribution < -0.4 is 15.2 Å². The molecule has 1 aliphatic rings. The molecular weight excluding hydrogens is 333 g/mol. The zero-order valence-electron chi connectivity index (χ0n) is 12.4. The molecule has 0 amide bonds. The predicted octanol–water partition coefficient (Wildman–Crippen LogP) is 2.07. The zero-order chi connectivity index (χ0) is 17.1. The summed E-state index contributed by atoms with van der Waals surface area (Å²) in [6.07, 6.45) is 2.06. The fourth-order valence-electron chi connectivity index (χ4n) is 2.35. The van der Waals surface area contributed by atoms with Crippen LogP contribution in [0.15, 0.2) is 18.2 Å². The normalized spacial score (nSPS) is 16.6. The zero-order valence-corrected chi connectivity index (χ0v) is 13.2. The molecule has 3 N–H and O–H groups in total. The molecule has 0 radical (unpaired) electrons. The molecule has 0 saturated heterocycles. The maximum absolute atomic E-state index is 13.5. The lowest BCUT2D eigenvalue weighted by atomic mass is 10.1. The molecule has 0 aromatic heterocycles. The van der Waals surface area contributed by atoms with Crippen LogP contribution in [0.4, 0.5) is 13.2 Å². The maximum Gasteiger partial charge on any atom is 0.387 e. The molecule has 1 aromatic carbocycles. The van der Waals surface area contributed by atoms with E-state index in [1.165, 1.54) is 6.07 Å². The molecule has 9 heteroatoms. The summed E-state index contributed by atoms with van der Waals surface area (Å²) in [5, 5.41) is 0. The summed E-state index contributed by atoms with van der Waals surface area (Å²) in [5.74, 6) is -1.57. The van der Waals surface area contributed by atoms with E-state index in [2.05, 4.69) is 9.46 Å². The van der Waals surface area contributed by atoms with Crippen LogP contribution in [0.1, 0.15) is 31.2 Å². The Morgan fingerprint density at radius 2 is 2.00 bits per heavy atom. The lowest BCUT2D eigenvalue weighted by Crippen LogP contribution is -2.36. The highest BCUT2D eigenvalue weighted by Gasteiger charge is 2.47. The van der Waals surface area contributed by atoms with Gasteiger partial charge in [-0.2, -0.15) is 8.78 Å². The van der Waals surface area contributed by atoms with Crippen LogP contribution >= 0.6 is 0 Å². The molecule has 1 fully saturated rings. The van der Waals surface area contributed by atoms with Gasteiger partial charge in [0.1, 0.15) is 0 Å². The lowest BCUT2D eigenvalue weighted by molar-refractivity contribution is -0.0522. The van der Waals surface area contributed by atoms with Crippen LogP contribution in [-0.2, 0) is 15.6 Å². The molecule has 1 saturated carbocycles. The summed E-state index contributed by atoms with van der Waals surface area (Å²) in [4.78, 5) is 0. The number of alkyl halides is 2. The maximum atomic E-state index is 13.5. The van der Waals surface area contributed by atoms with Gasteiger partial charge in [0.15, 0.2) is 11.6 Å². The van der Waals surface area contributed by atoms with Gasteiger partial charge in [-0.15, -0.1) is 0 Å². The number of nitrogens with one attached hydrogen (secondary N) is 1. The van der Waals surface area contributed by atoms with E-state index in [1.807, 2.05) is 0 Å². The third-order valence-corrected chi connectivity index (χ3v) is 5.20. The van der Waals surface area contributed by atoms with E-state index in [4.69, 9.17) is 5.73 Å². The van der Waals surface area contributed by atoms with Gasteiger partial charge in [-0.05, 0) is 49.9 Å². The summed E-state index contributed by atoms with van der Waals surface area (Å²) in [6, 6.07) is 3.50. The van der Waals surface area contributed by atoms with Crippen molar-refractivity contribution in [1.29, 1.82) is 0 Å².